The average molecular weight is 323 g/mol. The predicted octanol–water partition coefficient (Wildman–Crippen LogP) is 1.05. The molecule has 0 radical (unpaired) electrons. The molecule has 5 rings (SSSR count). The molecule has 2 bridgehead atoms. The fourth-order valence-corrected chi connectivity index (χ4v) is 4.87. The number of benzene rings is 1. The van der Waals surface area contributed by atoms with Crippen molar-refractivity contribution >= 4 is 5.78 Å². The Morgan fingerprint density at radius 1 is 1.61 bits per heavy atom. The monoisotopic (exact) mass is 323 g/mol. The third-order valence-corrected chi connectivity index (χ3v) is 5.91. The molecule has 1 spiro atoms. The standard InChI is InChI=1S/C18H21NO4/c1-19-8-7-17-14-10-3-4-12(22-2)15(14)23-16(17)11(20)5-6-18(17,21)13(19)9-10/h3-4,13,16,21H,5-9H2,1-2H3/t13-,16?,17+,18-/m1/s1/i2D3,3D,4D,5D2,13D. The second-order valence-corrected chi connectivity index (χ2v) is 6.71. The zero-order chi connectivity index (χ0) is 22.9. The second kappa shape index (κ2) is 4.08. The van der Waals surface area contributed by atoms with Crippen LogP contribution in [0.25, 0.3) is 0 Å². The van der Waals surface area contributed by atoms with Gasteiger partial charge in [-0.25, -0.2) is 0 Å². The zero-order valence-electron chi connectivity index (χ0n) is 20.5. The number of likely N-dealkylation sites (N-methyl/N-ethyl adjacent to an activating group) is 1. The number of hydrogen-bond donors (Lipinski definition) is 1. The van der Waals surface area contributed by atoms with Crippen molar-refractivity contribution in [3.8, 4) is 11.5 Å². The summed E-state index contributed by atoms with van der Waals surface area (Å²) in [6, 6.07) is -2.67. The quantitative estimate of drug-likeness (QED) is 0.837. The molecule has 2 fully saturated rings. The summed E-state index contributed by atoms with van der Waals surface area (Å²) in [6.45, 7) is 0.298. The Hall–Kier alpha value is -1.59. The molecule has 0 amide bonds. The Labute approximate surface area is 146 Å². The van der Waals surface area contributed by atoms with Crippen LogP contribution in [0.1, 0.15) is 41.3 Å². The summed E-state index contributed by atoms with van der Waals surface area (Å²) in [5.41, 5.74) is -3.16. The summed E-state index contributed by atoms with van der Waals surface area (Å²) in [4.78, 5) is 14.7. The fourth-order valence-electron chi connectivity index (χ4n) is 4.87. The number of ether oxygens (including phenoxy) is 2. The van der Waals surface area contributed by atoms with Gasteiger partial charge in [-0.2, -0.15) is 0 Å². The van der Waals surface area contributed by atoms with E-state index in [-0.39, 0.29) is 35.8 Å². The maximum atomic E-state index is 13.1. The van der Waals surface area contributed by atoms with Gasteiger partial charge in [0.15, 0.2) is 23.4 Å². The Morgan fingerprint density at radius 3 is 3.30 bits per heavy atom. The van der Waals surface area contributed by atoms with Crippen molar-refractivity contribution in [2.24, 2.45) is 0 Å². The third-order valence-electron chi connectivity index (χ3n) is 5.91. The molecule has 4 aliphatic rings. The van der Waals surface area contributed by atoms with Crippen molar-refractivity contribution in [2.45, 2.75) is 48.8 Å². The van der Waals surface area contributed by atoms with Crippen molar-refractivity contribution in [1.82, 2.24) is 4.90 Å². The first kappa shape index (κ1) is 7.99. The SMILES string of the molecule is [2H]c1c([2H])c(OC([2H])([2H])[2H])c2c3c1C[C@@]1([2H])N(C)CC[C@@]34C(O2)C(=O)C([2H])([2H])C[C@]41O. The smallest absolute Gasteiger partial charge is 0.174 e. The van der Waals surface area contributed by atoms with E-state index in [1.165, 1.54) is 0 Å². The summed E-state index contributed by atoms with van der Waals surface area (Å²) in [5, 5.41) is 12.0. The highest BCUT2D eigenvalue weighted by molar-refractivity contribution is 5.90. The normalized spacial score (nSPS) is 51.6. The Bertz CT molecular complexity index is 1040. The number of carbonyl (C=O) groups excluding carboxylic acids is 1. The van der Waals surface area contributed by atoms with Gasteiger partial charge in [0.1, 0.15) is 0 Å². The Balaban J connectivity index is 1.90. The molecule has 1 unspecified atom stereocenters. The second-order valence-electron chi connectivity index (χ2n) is 6.71. The highest BCUT2D eigenvalue weighted by atomic mass is 16.5. The van der Waals surface area contributed by atoms with Gasteiger partial charge < -0.3 is 19.5 Å². The first-order valence-corrected chi connectivity index (χ1v) is 7.61. The molecular formula is C18H21NO4. The van der Waals surface area contributed by atoms with Crippen LogP contribution in [0.2, 0.25) is 0 Å². The van der Waals surface area contributed by atoms with E-state index in [9.17, 15) is 11.3 Å². The number of methoxy groups -OCH3 is 1. The molecule has 1 aromatic rings. The van der Waals surface area contributed by atoms with Crippen molar-refractivity contribution in [1.29, 1.82) is 0 Å². The molecule has 1 aromatic carbocycles. The number of hydrogen-bond acceptors (Lipinski definition) is 5. The van der Waals surface area contributed by atoms with Crippen LogP contribution in [0.5, 0.6) is 11.5 Å². The van der Waals surface area contributed by atoms with Crippen molar-refractivity contribution in [3.63, 3.8) is 0 Å². The molecule has 2 aliphatic carbocycles. The van der Waals surface area contributed by atoms with Crippen LogP contribution in [0.15, 0.2) is 12.1 Å². The first-order chi connectivity index (χ1) is 14.1. The van der Waals surface area contributed by atoms with Gasteiger partial charge in [-0.15, -0.1) is 0 Å². The molecule has 23 heavy (non-hydrogen) atoms. The molecule has 4 atom stereocenters. The molecule has 122 valence electrons. The van der Waals surface area contributed by atoms with Gasteiger partial charge in [0.25, 0.3) is 0 Å². The number of piperidine rings is 1. The van der Waals surface area contributed by atoms with E-state index in [1.807, 2.05) is 0 Å². The first-order valence-electron chi connectivity index (χ1n) is 11.6. The van der Waals surface area contributed by atoms with Crippen molar-refractivity contribution < 1.29 is 30.3 Å². The van der Waals surface area contributed by atoms with Crippen LogP contribution in [0, 0.1) is 0 Å². The van der Waals surface area contributed by atoms with E-state index in [4.69, 9.17) is 19.1 Å². The van der Waals surface area contributed by atoms with Crippen molar-refractivity contribution in [2.75, 3.05) is 20.6 Å². The van der Waals surface area contributed by atoms with Crippen LogP contribution >= 0.6 is 0 Å². The predicted molar refractivity (Wildman–Crippen MR) is 83.0 cm³/mol. The highest BCUT2D eigenvalue weighted by Crippen LogP contribution is 2.64. The minimum Gasteiger partial charge on any atom is -0.493 e. The maximum Gasteiger partial charge on any atom is 0.174 e. The minimum absolute atomic E-state index is 0.136. The van der Waals surface area contributed by atoms with Gasteiger partial charge >= 0.3 is 0 Å². The van der Waals surface area contributed by atoms with E-state index < -0.39 is 60.5 Å². The largest absolute Gasteiger partial charge is 0.493 e. The molecule has 2 aliphatic heterocycles. The Kier molecular flexibility index (Phi) is 1.42. The lowest BCUT2D eigenvalue weighted by molar-refractivity contribution is -0.185. The molecule has 1 saturated carbocycles. The van der Waals surface area contributed by atoms with Crippen LogP contribution in [-0.2, 0) is 16.6 Å². The van der Waals surface area contributed by atoms with Gasteiger partial charge in [0.05, 0.1) is 26.3 Å². The van der Waals surface area contributed by atoms with E-state index >= 15 is 0 Å². The summed E-state index contributed by atoms with van der Waals surface area (Å²) < 4.78 is 75.7. The maximum absolute atomic E-state index is 13.1. The lowest BCUT2D eigenvalue weighted by atomic mass is 9.49. The van der Waals surface area contributed by atoms with Gasteiger partial charge in [-0.05, 0) is 44.5 Å². The third kappa shape index (κ3) is 1.32. The van der Waals surface area contributed by atoms with Crippen molar-refractivity contribution in [3.05, 3.63) is 23.2 Å². The topological polar surface area (TPSA) is 59.0 Å². The van der Waals surface area contributed by atoms with Gasteiger partial charge in [0.2, 0.25) is 0 Å². The summed E-state index contributed by atoms with van der Waals surface area (Å²) >= 11 is 0. The van der Waals surface area contributed by atoms with E-state index in [0.29, 0.717) is 6.54 Å². The number of carbonyl (C=O) groups is 1. The number of rotatable bonds is 1. The lowest BCUT2D eigenvalue weighted by Gasteiger charge is -2.62. The highest BCUT2D eigenvalue weighted by Gasteiger charge is 2.72. The minimum atomic E-state index is -2.96. The Morgan fingerprint density at radius 2 is 2.48 bits per heavy atom. The molecular weight excluding hydrogens is 294 g/mol. The van der Waals surface area contributed by atoms with Crippen LogP contribution < -0.4 is 9.47 Å². The number of aliphatic hydroxyl groups is 1. The molecule has 1 saturated heterocycles. The van der Waals surface area contributed by atoms with Gasteiger partial charge in [-0.1, -0.05) is 6.04 Å². The van der Waals surface area contributed by atoms with Crippen LogP contribution in [0.3, 0.4) is 0 Å². The number of likely N-dealkylation sites (tertiary alicyclic amines) is 1. The summed E-state index contributed by atoms with van der Waals surface area (Å²) in [6.07, 6.45) is -4.70. The van der Waals surface area contributed by atoms with Crippen LogP contribution in [-0.4, -0.2) is 54.1 Å². The molecule has 5 nitrogen and oxygen atoms in total. The number of ketones is 1. The molecule has 5 heteroatoms. The molecule has 1 N–H and O–H groups in total. The van der Waals surface area contributed by atoms with Gasteiger partial charge in [-0.3, -0.25) is 4.79 Å². The zero-order valence-corrected chi connectivity index (χ0v) is 12.5. The number of nitrogens with zero attached hydrogens (tertiary/aromatic N) is 1. The average Bonchev–Trinajstić information content (AvgIpc) is 2.98. The molecule has 0 aromatic heterocycles. The van der Waals surface area contributed by atoms with E-state index in [2.05, 4.69) is 0 Å². The summed E-state index contributed by atoms with van der Waals surface area (Å²) in [5.74, 6) is -1.65. The fraction of sp³-hybridized carbons (Fsp3) is 0.611. The molecule has 2 heterocycles. The van der Waals surface area contributed by atoms with Crippen LogP contribution in [0.4, 0.5) is 0 Å². The van der Waals surface area contributed by atoms with E-state index in [1.54, 1.807) is 11.9 Å². The lowest BCUT2D eigenvalue weighted by Crippen LogP contribution is -2.76. The summed E-state index contributed by atoms with van der Waals surface area (Å²) in [7, 11) is -1.34. The van der Waals surface area contributed by atoms with E-state index in [0.717, 1.165) is 0 Å². The van der Waals surface area contributed by atoms with Gasteiger partial charge in [0, 0.05) is 20.7 Å². The number of Topliss-reactive ketones (excluding diaryl/α,β-unsaturated/α-hetero) is 1.